The van der Waals surface area contributed by atoms with Crippen LogP contribution in [0.3, 0.4) is 0 Å². The van der Waals surface area contributed by atoms with Crippen molar-refractivity contribution in [2.45, 2.75) is 63.6 Å². The molecule has 3 heteroatoms. The second-order valence-electron chi connectivity index (χ2n) is 5.84. The molecule has 1 N–H and O–H groups in total. The molecule has 2 fully saturated rings. The maximum atomic E-state index is 11.9. The van der Waals surface area contributed by atoms with Crippen molar-refractivity contribution in [3.8, 4) is 11.8 Å². The fourth-order valence-electron chi connectivity index (χ4n) is 3.89. The molecule has 0 radical (unpaired) electrons. The third kappa shape index (κ3) is 2.55. The summed E-state index contributed by atoms with van der Waals surface area (Å²) in [5.41, 5.74) is -0.968. The van der Waals surface area contributed by atoms with Crippen molar-refractivity contribution in [3.63, 3.8) is 0 Å². The second kappa shape index (κ2) is 5.38. The van der Waals surface area contributed by atoms with Gasteiger partial charge in [0.05, 0.1) is 0 Å². The Hall–Kier alpha value is -1.27. The van der Waals surface area contributed by atoms with Crippen molar-refractivity contribution in [3.05, 3.63) is 12.7 Å². The summed E-state index contributed by atoms with van der Waals surface area (Å²) in [6.07, 6.45) is 6.23. The summed E-state index contributed by atoms with van der Waals surface area (Å²) in [6.45, 7) is 7.23. The molecule has 104 valence electrons. The Bertz CT molecular complexity index is 434. The van der Waals surface area contributed by atoms with Crippen LogP contribution in [-0.2, 0) is 4.79 Å². The van der Waals surface area contributed by atoms with E-state index in [0.29, 0.717) is 6.42 Å². The van der Waals surface area contributed by atoms with Crippen LogP contribution in [0.1, 0.15) is 46.0 Å². The lowest BCUT2D eigenvalue weighted by Gasteiger charge is -2.53. The normalized spacial score (nSPS) is 37.8. The second-order valence-corrected chi connectivity index (χ2v) is 5.84. The van der Waals surface area contributed by atoms with Crippen LogP contribution in [0.25, 0.3) is 0 Å². The third-order valence-electron chi connectivity index (χ3n) is 4.54. The van der Waals surface area contributed by atoms with Gasteiger partial charge in [-0.15, -0.1) is 0 Å². The van der Waals surface area contributed by atoms with Gasteiger partial charge in [-0.05, 0) is 25.8 Å². The molecule has 0 spiro atoms. The molecule has 0 aromatic rings. The number of allylic oxidation sites excluding steroid dienone is 1. The van der Waals surface area contributed by atoms with Crippen LogP contribution in [0.15, 0.2) is 12.7 Å². The Kier molecular flexibility index (Phi) is 4.01. The number of carbonyl (C=O) groups is 1. The first-order chi connectivity index (χ1) is 8.99. The van der Waals surface area contributed by atoms with Gasteiger partial charge in [-0.25, -0.2) is 0 Å². The van der Waals surface area contributed by atoms with E-state index in [2.05, 4.69) is 18.4 Å². The standard InChI is InChI=1S/C16H23NO2/c1-4-5-10-16(19)11-12(2)17(13(3)18)15-9-7-6-8-14(15)16/h4,12,14-15,19H,1,6-9,11H2,2-3H3. The van der Waals surface area contributed by atoms with Crippen LogP contribution in [0.5, 0.6) is 0 Å². The van der Waals surface area contributed by atoms with Crippen LogP contribution < -0.4 is 0 Å². The summed E-state index contributed by atoms with van der Waals surface area (Å²) in [4.78, 5) is 13.8. The summed E-state index contributed by atoms with van der Waals surface area (Å²) >= 11 is 0. The molecule has 1 saturated heterocycles. The van der Waals surface area contributed by atoms with Gasteiger partial charge >= 0.3 is 0 Å². The summed E-state index contributed by atoms with van der Waals surface area (Å²) in [6, 6.07) is 0.181. The number of nitrogens with zero attached hydrogens (tertiary/aromatic N) is 1. The van der Waals surface area contributed by atoms with Crippen LogP contribution in [0, 0.1) is 17.8 Å². The van der Waals surface area contributed by atoms with Gasteiger partial charge in [-0.2, -0.15) is 0 Å². The molecule has 3 nitrogen and oxygen atoms in total. The Morgan fingerprint density at radius 3 is 2.79 bits per heavy atom. The highest BCUT2D eigenvalue weighted by Gasteiger charge is 2.50. The summed E-state index contributed by atoms with van der Waals surface area (Å²) in [5.74, 6) is 5.99. The highest BCUT2D eigenvalue weighted by atomic mass is 16.3. The molecule has 0 aromatic carbocycles. The van der Waals surface area contributed by atoms with Crippen LogP contribution in [0.2, 0.25) is 0 Å². The van der Waals surface area contributed by atoms with E-state index in [1.54, 1.807) is 6.92 Å². The Morgan fingerprint density at radius 2 is 2.16 bits per heavy atom. The molecule has 4 unspecified atom stereocenters. The number of rotatable bonds is 0. The van der Waals surface area contributed by atoms with Crippen molar-refractivity contribution in [2.24, 2.45) is 5.92 Å². The minimum atomic E-state index is -0.968. The van der Waals surface area contributed by atoms with Crippen molar-refractivity contribution >= 4 is 5.91 Å². The summed E-state index contributed by atoms with van der Waals surface area (Å²) in [5, 5.41) is 10.9. The topological polar surface area (TPSA) is 40.5 Å². The lowest BCUT2D eigenvalue weighted by atomic mass is 9.67. The maximum Gasteiger partial charge on any atom is 0.219 e. The SMILES string of the molecule is C=CC#CC1(O)CC(C)N(C(C)=O)C2CCCCC21. The number of hydrogen-bond acceptors (Lipinski definition) is 2. The Labute approximate surface area is 115 Å². The Morgan fingerprint density at radius 1 is 1.47 bits per heavy atom. The number of aliphatic hydroxyl groups is 1. The van der Waals surface area contributed by atoms with Gasteiger partial charge in [-0.3, -0.25) is 4.79 Å². The number of carbonyl (C=O) groups excluding carboxylic acids is 1. The summed E-state index contributed by atoms with van der Waals surface area (Å²) in [7, 11) is 0. The monoisotopic (exact) mass is 261 g/mol. The van der Waals surface area contributed by atoms with Gasteiger partial charge in [0.15, 0.2) is 0 Å². The molecular formula is C16H23NO2. The van der Waals surface area contributed by atoms with E-state index in [1.165, 1.54) is 6.08 Å². The van der Waals surface area contributed by atoms with Crippen molar-refractivity contribution in [2.75, 3.05) is 0 Å². The molecule has 2 aliphatic rings. The van der Waals surface area contributed by atoms with Gasteiger partial charge in [0.1, 0.15) is 5.60 Å². The molecular weight excluding hydrogens is 238 g/mol. The molecule has 1 aliphatic carbocycles. The zero-order valence-corrected chi connectivity index (χ0v) is 11.9. The first-order valence-corrected chi connectivity index (χ1v) is 7.14. The fraction of sp³-hybridized carbons (Fsp3) is 0.688. The van der Waals surface area contributed by atoms with Gasteiger partial charge in [0.25, 0.3) is 0 Å². The van der Waals surface area contributed by atoms with E-state index in [4.69, 9.17) is 0 Å². The predicted molar refractivity (Wildman–Crippen MR) is 75.3 cm³/mol. The third-order valence-corrected chi connectivity index (χ3v) is 4.54. The van der Waals surface area contributed by atoms with Gasteiger partial charge in [0.2, 0.25) is 5.91 Å². The molecule has 0 bridgehead atoms. The number of likely N-dealkylation sites (tertiary alicyclic amines) is 1. The lowest BCUT2D eigenvalue weighted by Crippen LogP contribution is -2.62. The largest absolute Gasteiger partial charge is 0.377 e. The molecule has 1 aliphatic heterocycles. The van der Waals surface area contributed by atoms with Crippen LogP contribution in [0.4, 0.5) is 0 Å². The molecule has 19 heavy (non-hydrogen) atoms. The molecule has 4 atom stereocenters. The molecule has 1 amide bonds. The van der Waals surface area contributed by atoms with Crippen molar-refractivity contribution in [1.82, 2.24) is 4.90 Å². The van der Waals surface area contributed by atoms with E-state index in [1.807, 2.05) is 11.8 Å². The number of fused-ring (bicyclic) bond motifs is 1. The van der Waals surface area contributed by atoms with E-state index in [9.17, 15) is 9.90 Å². The molecule has 1 heterocycles. The highest BCUT2D eigenvalue weighted by molar-refractivity contribution is 5.74. The van der Waals surface area contributed by atoms with Gasteiger partial charge in [-0.1, -0.05) is 31.3 Å². The van der Waals surface area contributed by atoms with E-state index in [0.717, 1.165) is 25.7 Å². The summed E-state index contributed by atoms with van der Waals surface area (Å²) < 4.78 is 0. The zero-order valence-electron chi connectivity index (χ0n) is 11.9. The minimum absolute atomic E-state index is 0.0426. The average molecular weight is 261 g/mol. The minimum Gasteiger partial charge on any atom is -0.377 e. The number of piperidine rings is 1. The van der Waals surface area contributed by atoms with E-state index < -0.39 is 5.60 Å². The van der Waals surface area contributed by atoms with Crippen molar-refractivity contribution in [1.29, 1.82) is 0 Å². The first kappa shape index (κ1) is 14.1. The van der Waals surface area contributed by atoms with Crippen molar-refractivity contribution < 1.29 is 9.90 Å². The Balaban J connectivity index is 2.35. The number of hydrogen-bond donors (Lipinski definition) is 1. The van der Waals surface area contributed by atoms with Gasteiger partial charge < -0.3 is 10.0 Å². The molecule has 1 saturated carbocycles. The zero-order chi connectivity index (χ0) is 14.0. The maximum absolute atomic E-state index is 11.9. The fourth-order valence-corrected chi connectivity index (χ4v) is 3.89. The number of amides is 1. The first-order valence-electron chi connectivity index (χ1n) is 7.14. The lowest BCUT2D eigenvalue weighted by molar-refractivity contribution is -0.150. The quantitative estimate of drug-likeness (QED) is 0.678. The van der Waals surface area contributed by atoms with Gasteiger partial charge in [0, 0.05) is 31.3 Å². The van der Waals surface area contributed by atoms with E-state index >= 15 is 0 Å². The van der Waals surface area contributed by atoms with Crippen LogP contribution >= 0.6 is 0 Å². The highest BCUT2D eigenvalue weighted by Crippen LogP contribution is 2.43. The average Bonchev–Trinajstić information content (AvgIpc) is 2.36. The van der Waals surface area contributed by atoms with Crippen LogP contribution in [-0.4, -0.2) is 33.6 Å². The van der Waals surface area contributed by atoms with E-state index in [-0.39, 0.29) is 23.9 Å². The molecule has 2 rings (SSSR count). The molecule has 0 aromatic heterocycles. The smallest absolute Gasteiger partial charge is 0.219 e. The predicted octanol–water partition coefficient (Wildman–Crippen LogP) is 2.11.